The molecule has 0 heterocycles. The number of esters is 1. The van der Waals surface area contributed by atoms with Gasteiger partial charge in [0.25, 0.3) is 5.91 Å². The second-order valence-corrected chi connectivity index (χ2v) is 6.14. The minimum atomic E-state index is -0.403. The number of amides is 1. The highest BCUT2D eigenvalue weighted by Crippen LogP contribution is 2.27. The van der Waals surface area contributed by atoms with Crippen LogP contribution in [0.1, 0.15) is 22.8 Å². The van der Waals surface area contributed by atoms with Gasteiger partial charge in [0.2, 0.25) is 0 Å². The van der Waals surface area contributed by atoms with E-state index in [1.165, 1.54) is 7.11 Å². The molecule has 2 aromatic rings. The van der Waals surface area contributed by atoms with Gasteiger partial charge in [0, 0.05) is 19.8 Å². The van der Waals surface area contributed by atoms with Crippen LogP contribution in [0.25, 0.3) is 0 Å². The van der Waals surface area contributed by atoms with Gasteiger partial charge in [0.15, 0.2) is 18.1 Å². The molecule has 0 unspecified atom stereocenters. The van der Waals surface area contributed by atoms with E-state index in [2.05, 4.69) is 10.4 Å². The molecule has 0 aliphatic rings. The first-order chi connectivity index (χ1) is 13.9. The van der Waals surface area contributed by atoms with Crippen molar-refractivity contribution in [2.24, 2.45) is 5.10 Å². The quantitative estimate of drug-likeness (QED) is 0.396. The molecule has 0 aliphatic carbocycles. The Morgan fingerprint density at radius 2 is 1.83 bits per heavy atom. The number of carbonyl (C=O) groups is 2. The number of benzene rings is 2. The molecule has 1 N–H and O–H groups in total. The summed E-state index contributed by atoms with van der Waals surface area (Å²) in [5.41, 5.74) is 1.81. The highest BCUT2D eigenvalue weighted by Gasteiger charge is 2.10. The number of anilines is 1. The number of ether oxygens (including phenoxy) is 3. The molecule has 0 fully saturated rings. The number of nitrogens with one attached hydrogen (secondary N) is 1. The molecule has 2 aromatic carbocycles. The van der Waals surface area contributed by atoms with Gasteiger partial charge in [-0.3, -0.25) is 4.79 Å². The SMILES string of the molecule is CCOC(=O)c1ccc(NC(=O)COc2ccc(/C=N/N(C)C)cc2OC)cc1. The van der Waals surface area contributed by atoms with Crippen LogP contribution in [0.15, 0.2) is 47.6 Å². The van der Waals surface area contributed by atoms with Crippen LogP contribution in [0.5, 0.6) is 11.5 Å². The van der Waals surface area contributed by atoms with E-state index >= 15 is 0 Å². The van der Waals surface area contributed by atoms with Crippen molar-refractivity contribution >= 4 is 23.8 Å². The minimum absolute atomic E-state index is 0.193. The smallest absolute Gasteiger partial charge is 0.338 e. The Balaban J connectivity index is 1.94. The first kappa shape index (κ1) is 21.7. The third kappa shape index (κ3) is 6.84. The Labute approximate surface area is 170 Å². The average molecular weight is 399 g/mol. The van der Waals surface area contributed by atoms with Crippen molar-refractivity contribution in [3.8, 4) is 11.5 Å². The number of hydrogen-bond acceptors (Lipinski definition) is 7. The van der Waals surface area contributed by atoms with Gasteiger partial charge in [-0.1, -0.05) is 0 Å². The second kappa shape index (κ2) is 10.7. The van der Waals surface area contributed by atoms with Crippen LogP contribution in [0.4, 0.5) is 5.69 Å². The lowest BCUT2D eigenvalue weighted by atomic mass is 10.2. The van der Waals surface area contributed by atoms with E-state index in [4.69, 9.17) is 14.2 Å². The van der Waals surface area contributed by atoms with Gasteiger partial charge in [-0.25, -0.2) is 4.79 Å². The van der Waals surface area contributed by atoms with Crippen molar-refractivity contribution in [2.45, 2.75) is 6.92 Å². The molecule has 2 rings (SSSR count). The van der Waals surface area contributed by atoms with Crippen LogP contribution < -0.4 is 14.8 Å². The van der Waals surface area contributed by atoms with Gasteiger partial charge >= 0.3 is 5.97 Å². The summed E-state index contributed by atoms with van der Waals surface area (Å²) in [5.74, 6) is 0.204. The normalized spacial score (nSPS) is 10.5. The lowest BCUT2D eigenvalue weighted by molar-refractivity contribution is -0.118. The summed E-state index contributed by atoms with van der Waals surface area (Å²) < 4.78 is 15.8. The van der Waals surface area contributed by atoms with Crippen molar-refractivity contribution in [1.29, 1.82) is 0 Å². The van der Waals surface area contributed by atoms with E-state index < -0.39 is 5.97 Å². The van der Waals surface area contributed by atoms with Gasteiger partial charge in [0.1, 0.15) is 0 Å². The number of carbonyl (C=O) groups excluding carboxylic acids is 2. The summed E-state index contributed by atoms with van der Waals surface area (Å²) in [6.45, 7) is 1.86. The summed E-state index contributed by atoms with van der Waals surface area (Å²) in [6.07, 6.45) is 1.69. The number of rotatable bonds is 9. The highest BCUT2D eigenvalue weighted by molar-refractivity contribution is 5.93. The summed E-state index contributed by atoms with van der Waals surface area (Å²) in [4.78, 5) is 23.8. The minimum Gasteiger partial charge on any atom is -0.493 e. The Bertz CT molecular complexity index is 863. The maximum atomic E-state index is 12.2. The van der Waals surface area contributed by atoms with Crippen molar-refractivity contribution in [3.63, 3.8) is 0 Å². The van der Waals surface area contributed by atoms with E-state index in [1.807, 2.05) is 20.2 Å². The first-order valence-electron chi connectivity index (χ1n) is 9.02. The Morgan fingerprint density at radius 3 is 2.45 bits per heavy atom. The van der Waals surface area contributed by atoms with Crippen LogP contribution in [-0.2, 0) is 9.53 Å². The fourth-order valence-electron chi connectivity index (χ4n) is 2.31. The molecule has 8 nitrogen and oxygen atoms in total. The molecule has 0 bridgehead atoms. The lowest BCUT2D eigenvalue weighted by Gasteiger charge is -2.12. The highest BCUT2D eigenvalue weighted by atomic mass is 16.5. The zero-order valence-electron chi connectivity index (χ0n) is 17.0. The molecule has 0 spiro atoms. The molecule has 8 heteroatoms. The molecule has 29 heavy (non-hydrogen) atoms. The number of hydrogen-bond donors (Lipinski definition) is 1. The monoisotopic (exact) mass is 399 g/mol. The average Bonchev–Trinajstić information content (AvgIpc) is 2.71. The molecule has 0 saturated heterocycles. The molecule has 0 aromatic heterocycles. The molecule has 0 radical (unpaired) electrons. The van der Waals surface area contributed by atoms with Crippen molar-refractivity contribution in [3.05, 3.63) is 53.6 Å². The summed E-state index contributed by atoms with van der Waals surface area (Å²) in [7, 11) is 5.18. The number of nitrogens with zero attached hydrogens (tertiary/aromatic N) is 2. The number of methoxy groups -OCH3 is 1. The fourth-order valence-corrected chi connectivity index (χ4v) is 2.31. The van der Waals surface area contributed by atoms with E-state index in [-0.39, 0.29) is 12.5 Å². The van der Waals surface area contributed by atoms with Crippen LogP contribution in [0.3, 0.4) is 0 Å². The second-order valence-electron chi connectivity index (χ2n) is 6.14. The van der Waals surface area contributed by atoms with Crippen LogP contribution >= 0.6 is 0 Å². The maximum Gasteiger partial charge on any atom is 0.338 e. The standard InChI is InChI=1S/C21H25N3O5/c1-5-28-21(26)16-7-9-17(10-8-16)23-20(25)14-29-18-11-6-15(12-19(18)27-4)13-22-24(2)3/h6-13H,5,14H2,1-4H3,(H,23,25)/b22-13+. The van der Waals surface area contributed by atoms with Crippen molar-refractivity contribution in [1.82, 2.24) is 5.01 Å². The van der Waals surface area contributed by atoms with Gasteiger partial charge in [-0.15, -0.1) is 0 Å². The first-order valence-corrected chi connectivity index (χ1v) is 9.02. The summed E-state index contributed by atoms with van der Waals surface area (Å²) in [5, 5.41) is 8.56. The summed E-state index contributed by atoms with van der Waals surface area (Å²) in [6, 6.07) is 11.7. The third-order valence-corrected chi connectivity index (χ3v) is 3.66. The molecule has 154 valence electrons. The molecular weight excluding hydrogens is 374 g/mol. The summed E-state index contributed by atoms with van der Waals surface area (Å²) >= 11 is 0. The van der Waals surface area contributed by atoms with Crippen LogP contribution in [0, 0.1) is 0 Å². The largest absolute Gasteiger partial charge is 0.493 e. The molecule has 1 amide bonds. The van der Waals surface area contributed by atoms with E-state index in [9.17, 15) is 9.59 Å². The Hall–Kier alpha value is -3.55. The van der Waals surface area contributed by atoms with Crippen molar-refractivity contribution < 1.29 is 23.8 Å². The topological polar surface area (TPSA) is 89.5 Å². The van der Waals surface area contributed by atoms with E-state index in [1.54, 1.807) is 54.5 Å². The number of hydrazone groups is 1. The zero-order chi connectivity index (χ0) is 21.2. The Kier molecular flexibility index (Phi) is 8.02. The molecule has 0 atom stereocenters. The lowest BCUT2D eigenvalue weighted by Crippen LogP contribution is -2.20. The third-order valence-electron chi connectivity index (χ3n) is 3.66. The van der Waals surface area contributed by atoms with Crippen LogP contribution in [0.2, 0.25) is 0 Å². The van der Waals surface area contributed by atoms with E-state index in [0.717, 1.165) is 5.56 Å². The van der Waals surface area contributed by atoms with Crippen LogP contribution in [-0.4, -0.2) is 57.5 Å². The molecular formula is C21H25N3O5. The molecule has 0 aliphatic heterocycles. The molecule has 0 saturated carbocycles. The van der Waals surface area contributed by atoms with Gasteiger partial charge < -0.3 is 24.5 Å². The van der Waals surface area contributed by atoms with Gasteiger partial charge in [0.05, 0.1) is 25.5 Å². The van der Waals surface area contributed by atoms with E-state index in [0.29, 0.717) is 29.4 Å². The maximum absolute atomic E-state index is 12.2. The zero-order valence-corrected chi connectivity index (χ0v) is 17.0. The van der Waals surface area contributed by atoms with Gasteiger partial charge in [-0.2, -0.15) is 5.10 Å². The van der Waals surface area contributed by atoms with Gasteiger partial charge in [-0.05, 0) is 55.0 Å². The van der Waals surface area contributed by atoms with Crippen molar-refractivity contribution in [2.75, 3.05) is 39.7 Å². The predicted octanol–water partition coefficient (Wildman–Crippen LogP) is 2.78. The Morgan fingerprint density at radius 1 is 1.10 bits per heavy atom. The predicted molar refractivity (Wildman–Crippen MR) is 111 cm³/mol. The fraction of sp³-hybridized carbons (Fsp3) is 0.286.